The summed E-state index contributed by atoms with van der Waals surface area (Å²) in [5, 5.41) is 3.61. The number of nitrogens with zero attached hydrogens (tertiary/aromatic N) is 1. The van der Waals surface area contributed by atoms with Crippen LogP contribution in [-0.2, 0) is 16.1 Å². The number of carbonyl (C=O) groups is 2. The zero-order chi connectivity index (χ0) is 22.3. The van der Waals surface area contributed by atoms with Crippen LogP contribution in [-0.4, -0.2) is 35.4 Å². The largest absolute Gasteiger partial charge is 0.481 e. The molecule has 5 nitrogen and oxygen atoms in total. The second kappa shape index (κ2) is 11.2. The van der Waals surface area contributed by atoms with Crippen LogP contribution in [0.15, 0.2) is 42.5 Å². The van der Waals surface area contributed by atoms with Gasteiger partial charge in [-0.1, -0.05) is 48.3 Å². The Balaban J connectivity index is 2.20. The van der Waals surface area contributed by atoms with Gasteiger partial charge in [-0.3, -0.25) is 9.59 Å². The second-order valence-corrected chi connectivity index (χ2v) is 7.80. The highest BCUT2D eigenvalue weighted by atomic mass is 35.5. The Kier molecular flexibility index (Phi) is 8.93. The lowest BCUT2D eigenvalue weighted by atomic mass is 10.1. The highest BCUT2D eigenvalue weighted by Gasteiger charge is 2.27. The van der Waals surface area contributed by atoms with Crippen molar-refractivity contribution in [2.24, 2.45) is 0 Å². The molecule has 0 radical (unpaired) electrons. The third kappa shape index (κ3) is 6.61. The number of halogens is 3. The molecule has 2 amide bonds. The summed E-state index contributed by atoms with van der Waals surface area (Å²) < 4.78 is 19.1. The number of para-hydroxylation sites is 1. The van der Waals surface area contributed by atoms with Crippen LogP contribution in [0.5, 0.6) is 5.75 Å². The summed E-state index contributed by atoms with van der Waals surface area (Å²) in [6, 6.07) is 10.0. The molecule has 2 aromatic carbocycles. The van der Waals surface area contributed by atoms with Crippen molar-refractivity contribution in [3.05, 3.63) is 63.9 Å². The van der Waals surface area contributed by atoms with Gasteiger partial charge in [-0.05, 0) is 50.1 Å². The van der Waals surface area contributed by atoms with Crippen LogP contribution in [0.2, 0.25) is 10.0 Å². The molecule has 162 valence electrons. The molecular formula is C22H25Cl2FN2O3. The molecule has 0 saturated carbocycles. The SMILES string of the molecule is CC[C@@H](C)NC(=O)[C@H](C)N(Cc1ccc(Cl)c(Cl)c1)C(=O)COc1ccccc1F. The van der Waals surface area contributed by atoms with Gasteiger partial charge in [0.2, 0.25) is 5.91 Å². The van der Waals surface area contributed by atoms with Crippen molar-refractivity contribution >= 4 is 35.0 Å². The summed E-state index contributed by atoms with van der Waals surface area (Å²) in [5.41, 5.74) is 0.701. The fourth-order valence-electron chi connectivity index (χ4n) is 2.67. The maximum absolute atomic E-state index is 13.8. The fraction of sp³-hybridized carbons (Fsp3) is 0.364. The molecule has 1 N–H and O–H groups in total. The molecular weight excluding hydrogens is 430 g/mol. The maximum atomic E-state index is 13.8. The summed E-state index contributed by atoms with van der Waals surface area (Å²) >= 11 is 12.1. The highest BCUT2D eigenvalue weighted by Crippen LogP contribution is 2.24. The summed E-state index contributed by atoms with van der Waals surface area (Å²) in [6.07, 6.45) is 0.760. The predicted octanol–water partition coefficient (Wildman–Crippen LogP) is 4.84. The van der Waals surface area contributed by atoms with Crippen molar-refractivity contribution in [2.75, 3.05) is 6.61 Å². The van der Waals surface area contributed by atoms with Gasteiger partial charge >= 0.3 is 0 Å². The van der Waals surface area contributed by atoms with Gasteiger partial charge in [0.15, 0.2) is 18.2 Å². The molecule has 0 unspecified atom stereocenters. The van der Waals surface area contributed by atoms with Gasteiger partial charge in [-0.15, -0.1) is 0 Å². The van der Waals surface area contributed by atoms with Crippen LogP contribution in [0.1, 0.15) is 32.8 Å². The van der Waals surface area contributed by atoms with E-state index in [1.807, 2.05) is 13.8 Å². The van der Waals surface area contributed by atoms with E-state index in [4.69, 9.17) is 27.9 Å². The second-order valence-electron chi connectivity index (χ2n) is 6.98. The summed E-state index contributed by atoms with van der Waals surface area (Å²) in [5.74, 6) is -1.35. The maximum Gasteiger partial charge on any atom is 0.261 e. The Morgan fingerprint density at radius 1 is 1.13 bits per heavy atom. The minimum atomic E-state index is -0.773. The molecule has 0 aliphatic rings. The summed E-state index contributed by atoms with van der Waals surface area (Å²) in [7, 11) is 0. The zero-order valence-electron chi connectivity index (χ0n) is 17.1. The van der Waals surface area contributed by atoms with E-state index in [1.165, 1.54) is 23.1 Å². The van der Waals surface area contributed by atoms with Crippen LogP contribution < -0.4 is 10.1 Å². The number of benzene rings is 2. The van der Waals surface area contributed by atoms with E-state index < -0.39 is 24.4 Å². The van der Waals surface area contributed by atoms with Crippen LogP contribution in [0.3, 0.4) is 0 Å². The quantitative estimate of drug-likeness (QED) is 0.589. The van der Waals surface area contributed by atoms with Crippen molar-refractivity contribution in [3.8, 4) is 5.75 Å². The molecule has 30 heavy (non-hydrogen) atoms. The lowest BCUT2D eigenvalue weighted by Gasteiger charge is -2.29. The normalized spacial score (nSPS) is 12.7. The summed E-state index contributed by atoms with van der Waals surface area (Å²) in [6.45, 7) is 5.18. The van der Waals surface area contributed by atoms with Crippen molar-refractivity contribution in [1.29, 1.82) is 0 Å². The highest BCUT2D eigenvalue weighted by molar-refractivity contribution is 6.42. The van der Waals surface area contributed by atoms with Crippen LogP contribution in [0.4, 0.5) is 4.39 Å². The molecule has 2 atom stereocenters. The molecule has 0 heterocycles. The molecule has 0 fully saturated rings. The van der Waals surface area contributed by atoms with E-state index in [9.17, 15) is 14.0 Å². The average molecular weight is 455 g/mol. The third-order valence-electron chi connectivity index (χ3n) is 4.69. The van der Waals surface area contributed by atoms with E-state index in [0.717, 1.165) is 6.42 Å². The molecule has 0 saturated heterocycles. The lowest BCUT2D eigenvalue weighted by Crippen LogP contribution is -2.50. The lowest BCUT2D eigenvalue weighted by molar-refractivity contribution is -0.142. The van der Waals surface area contributed by atoms with Crippen LogP contribution >= 0.6 is 23.2 Å². The Hall–Kier alpha value is -2.31. The van der Waals surface area contributed by atoms with Crippen LogP contribution in [0.25, 0.3) is 0 Å². The van der Waals surface area contributed by atoms with Crippen molar-refractivity contribution < 1.29 is 18.7 Å². The number of nitrogens with one attached hydrogen (secondary N) is 1. The van der Waals surface area contributed by atoms with Gasteiger partial charge in [0, 0.05) is 12.6 Å². The number of hydrogen-bond donors (Lipinski definition) is 1. The van der Waals surface area contributed by atoms with E-state index in [-0.39, 0.29) is 24.2 Å². The third-order valence-corrected chi connectivity index (χ3v) is 5.43. The molecule has 8 heteroatoms. The van der Waals surface area contributed by atoms with Gasteiger partial charge in [0.05, 0.1) is 10.0 Å². The van der Waals surface area contributed by atoms with E-state index in [1.54, 1.807) is 31.2 Å². The molecule has 0 bridgehead atoms. The molecule has 2 aromatic rings. The van der Waals surface area contributed by atoms with Crippen molar-refractivity contribution in [2.45, 2.75) is 45.8 Å². The number of amides is 2. The first-order valence-electron chi connectivity index (χ1n) is 9.64. The van der Waals surface area contributed by atoms with Crippen molar-refractivity contribution in [1.82, 2.24) is 10.2 Å². The van der Waals surface area contributed by atoms with E-state index in [2.05, 4.69) is 5.32 Å². The van der Waals surface area contributed by atoms with Gasteiger partial charge < -0.3 is 15.0 Å². The minimum absolute atomic E-state index is 0.0305. The first-order valence-corrected chi connectivity index (χ1v) is 10.4. The average Bonchev–Trinajstić information content (AvgIpc) is 2.73. The number of hydrogen-bond acceptors (Lipinski definition) is 3. The van der Waals surface area contributed by atoms with Crippen molar-refractivity contribution in [3.63, 3.8) is 0 Å². The predicted molar refractivity (Wildman–Crippen MR) is 116 cm³/mol. The minimum Gasteiger partial charge on any atom is -0.481 e. The first-order chi connectivity index (χ1) is 14.2. The van der Waals surface area contributed by atoms with Crippen LogP contribution in [0, 0.1) is 5.82 Å². The molecule has 0 aliphatic carbocycles. The smallest absolute Gasteiger partial charge is 0.261 e. The van der Waals surface area contributed by atoms with Gasteiger partial charge in [0.1, 0.15) is 6.04 Å². The Bertz CT molecular complexity index is 894. The van der Waals surface area contributed by atoms with Gasteiger partial charge in [0.25, 0.3) is 5.91 Å². The Morgan fingerprint density at radius 3 is 2.47 bits per heavy atom. The number of rotatable bonds is 9. The molecule has 2 rings (SSSR count). The molecule has 0 aliphatic heterocycles. The zero-order valence-corrected chi connectivity index (χ0v) is 18.6. The van der Waals surface area contributed by atoms with Gasteiger partial charge in [-0.25, -0.2) is 4.39 Å². The number of ether oxygens (including phenoxy) is 1. The Labute approximate surface area is 186 Å². The topological polar surface area (TPSA) is 58.6 Å². The molecule has 0 aromatic heterocycles. The number of carbonyl (C=O) groups excluding carboxylic acids is 2. The monoisotopic (exact) mass is 454 g/mol. The van der Waals surface area contributed by atoms with E-state index >= 15 is 0 Å². The van der Waals surface area contributed by atoms with Gasteiger partial charge in [-0.2, -0.15) is 0 Å². The standard InChI is InChI=1S/C22H25Cl2FN2O3/c1-4-14(2)26-22(29)15(3)27(12-16-9-10-17(23)18(24)11-16)21(28)13-30-20-8-6-5-7-19(20)25/h5-11,14-15H,4,12-13H2,1-3H3,(H,26,29)/t14-,15+/m1/s1. The first kappa shape index (κ1) is 24.0. The Morgan fingerprint density at radius 2 is 1.83 bits per heavy atom. The molecule has 0 spiro atoms. The van der Waals surface area contributed by atoms with E-state index in [0.29, 0.717) is 15.6 Å². The fourth-order valence-corrected chi connectivity index (χ4v) is 2.99. The summed E-state index contributed by atoms with van der Waals surface area (Å²) in [4.78, 5) is 26.9.